The second-order valence-corrected chi connectivity index (χ2v) is 15.0. The number of benzene rings is 1. The van der Waals surface area contributed by atoms with Crippen molar-refractivity contribution >= 4 is 29.3 Å². The highest BCUT2D eigenvalue weighted by Crippen LogP contribution is 2.27. The quantitative estimate of drug-likeness (QED) is 0.191. The van der Waals surface area contributed by atoms with Crippen molar-refractivity contribution in [3.63, 3.8) is 0 Å². The van der Waals surface area contributed by atoms with Gasteiger partial charge in [-0.05, 0) is 69.9 Å². The van der Waals surface area contributed by atoms with Crippen molar-refractivity contribution in [1.82, 2.24) is 25.3 Å². The molecule has 4 amide bonds. The summed E-state index contributed by atoms with van der Waals surface area (Å²) in [4.78, 5) is 70.7. The van der Waals surface area contributed by atoms with Gasteiger partial charge in [-0.15, -0.1) is 0 Å². The maximum absolute atomic E-state index is 14.1. The fourth-order valence-corrected chi connectivity index (χ4v) is 6.77. The first-order valence-electron chi connectivity index (χ1n) is 17.3. The zero-order valence-electron chi connectivity index (χ0n) is 30.2. The van der Waals surface area contributed by atoms with Gasteiger partial charge in [0, 0.05) is 43.9 Å². The van der Waals surface area contributed by atoms with E-state index in [9.17, 15) is 29.3 Å². The van der Waals surface area contributed by atoms with Crippen LogP contribution in [0.15, 0.2) is 35.9 Å². The molecule has 0 aromatic heterocycles. The first kappa shape index (κ1) is 38.6. The van der Waals surface area contributed by atoms with Crippen LogP contribution >= 0.6 is 0 Å². The molecule has 2 aliphatic rings. The first-order chi connectivity index (χ1) is 22.4. The van der Waals surface area contributed by atoms with Crippen molar-refractivity contribution in [1.29, 1.82) is 0 Å². The second kappa shape index (κ2) is 16.5. The molecular weight excluding hydrogens is 612 g/mol. The molecule has 1 aromatic carbocycles. The van der Waals surface area contributed by atoms with Crippen molar-refractivity contribution in [3.05, 3.63) is 51.6 Å². The Morgan fingerprint density at radius 1 is 1.02 bits per heavy atom. The fourth-order valence-electron chi connectivity index (χ4n) is 6.77. The summed E-state index contributed by atoms with van der Waals surface area (Å²) in [5, 5.41) is 17.1. The lowest BCUT2D eigenvalue weighted by molar-refractivity contribution is -0.384. The Morgan fingerprint density at radius 2 is 1.69 bits per heavy atom. The highest BCUT2D eigenvalue weighted by atomic mass is 16.6. The van der Waals surface area contributed by atoms with Gasteiger partial charge in [0.05, 0.1) is 17.0 Å². The third kappa shape index (κ3) is 9.64. The van der Waals surface area contributed by atoms with E-state index in [0.717, 1.165) is 25.8 Å². The van der Waals surface area contributed by atoms with Crippen LogP contribution in [0.3, 0.4) is 0 Å². The topological polar surface area (TPSA) is 145 Å². The monoisotopic (exact) mass is 668 g/mol. The average molecular weight is 669 g/mol. The number of amides is 4. The number of non-ortho nitro benzene ring substituents is 1. The maximum Gasteiger partial charge on any atom is 0.269 e. The summed E-state index contributed by atoms with van der Waals surface area (Å²) in [6.45, 7) is 17.1. The molecule has 1 aromatic rings. The van der Waals surface area contributed by atoms with E-state index < -0.39 is 28.5 Å². The van der Waals surface area contributed by atoms with Crippen LogP contribution in [0.5, 0.6) is 0 Å². The van der Waals surface area contributed by atoms with E-state index in [0.29, 0.717) is 30.5 Å². The molecule has 1 unspecified atom stereocenters. The number of piperidine rings is 1. The Balaban J connectivity index is 1.74. The fraction of sp³-hybridized carbons (Fsp3) is 0.667. The lowest BCUT2D eigenvalue weighted by Gasteiger charge is -2.41. The molecular formula is C36H56N6O6. The number of carbonyl (C=O) groups excluding carboxylic acids is 4. The molecule has 12 nitrogen and oxygen atoms in total. The number of nitrogens with one attached hydrogen (secondary N) is 2. The van der Waals surface area contributed by atoms with E-state index in [1.807, 2.05) is 34.6 Å². The van der Waals surface area contributed by atoms with Crippen LogP contribution in [0.1, 0.15) is 93.1 Å². The molecule has 0 bridgehead atoms. The predicted octanol–water partition coefficient (Wildman–Crippen LogP) is 4.43. The molecule has 12 heteroatoms. The van der Waals surface area contributed by atoms with Gasteiger partial charge < -0.3 is 20.4 Å². The molecule has 2 fully saturated rings. The Labute approximate surface area is 285 Å². The van der Waals surface area contributed by atoms with Gasteiger partial charge in [0.2, 0.25) is 23.6 Å². The predicted molar refractivity (Wildman–Crippen MR) is 186 cm³/mol. The van der Waals surface area contributed by atoms with Crippen molar-refractivity contribution < 1.29 is 24.1 Å². The van der Waals surface area contributed by atoms with Gasteiger partial charge >= 0.3 is 0 Å². The zero-order chi connectivity index (χ0) is 35.9. The maximum atomic E-state index is 14.1. The minimum Gasteiger partial charge on any atom is -0.350 e. The highest BCUT2D eigenvalue weighted by molar-refractivity contribution is 5.97. The van der Waals surface area contributed by atoms with Crippen LogP contribution in [0, 0.1) is 21.4 Å². The Kier molecular flexibility index (Phi) is 13.3. The lowest BCUT2D eigenvalue weighted by Crippen LogP contribution is -2.60. The molecule has 48 heavy (non-hydrogen) atoms. The van der Waals surface area contributed by atoms with Crippen LogP contribution in [0.4, 0.5) is 5.69 Å². The van der Waals surface area contributed by atoms with Crippen molar-refractivity contribution in [2.45, 2.75) is 124 Å². The van der Waals surface area contributed by atoms with Crippen LogP contribution in [-0.4, -0.2) is 93.6 Å². The van der Waals surface area contributed by atoms with Gasteiger partial charge in [0.1, 0.15) is 12.1 Å². The van der Waals surface area contributed by atoms with Crippen LogP contribution in [0.2, 0.25) is 0 Å². The van der Waals surface area contributed by atoms with Crippen LogP contribution < -0.4 is 10.6 Å². The summed E-state index contributed by atoms with van der Waals surface area (Å²) < 4.78 is 0. The van der Waals surface area contributed by atoms with E-state index in [1.54, 1.807) is 42.0 Å². The summed E-state index contributed by atoms with van der Waals surface area (Å²) in [5.74, 6) is -0.985. The molecule has 2 N–H and O–H groups in total. The first-order valence-corrected chi connectivity index (χ1v) is 17.3. The molecule has 0 spiro atoms. The van der Waals surface area contributed by atoms with Gasteiger partial charge in [-0.25, -0.2) is 0 Å². The van der Waals surface area contributed by atoms with E-state index in [-0.39, 0.29) is 53.9 Å². The third-order valence-corrected chi connectivity index (χ3v) is 9.55. The van der Waals surface area contributed by atoms with Crippen molar-refractivity contribution in [2.24, 2.45) is 11.3 Å². The Bertz CT molecular complexity index is 1370. The van der Waals surface area contributed by atoms with Gasteiger partial charge in [0.15, 0.2) is 0 Å². The average Bonchev–Trinajstić information content (AvgIpc) is 3.53. The second-order valence-electron chi connectivity index (χ2n) is 15.0. The summed E-state index contributed by atoms with van der Waals surface area (Å²) >= 11 is 0. The number of hydrogen-bond acceptors (Lipinski definition) is 7. The highest BCUT2D eigenvalue weighted by Gasteiger charge is 2.40. The van der Waals surface area contributed by atoms with Gasteiger partial charge in [-0.2, -0.15) is 0 Å². The number of hydrogen-bond donors (Lipinski definition) is 2. The number of nitrogens with zero attached hydrogens (tertiary/aromatic N) is 4. The Morgan fingerprint density at radius 3 is 2.29 bits per heavy atom. The zero-order valence-corrected chi connectivity index (χ0v) is 30.2. The number of likely N-dealkylation sites (N-methyl/N-ethyl adjacent to an activating group) is 1. The molecule has 0 radical (unpaired) electrons. The van der Waals surface area contributed by atoms with E-state index in [4.69, 9.17) is 0 Å². The van der Waals surface area contributed by atoms with Crippen molar-refractivity contribution in [3.8, 4) is 0 Å². The molecule has 2 aliphatic heterocycles. The molecule has 0 aliphatic carbocycles. The molecule has 3 rings (SSSR count). The molecule has 266 valence electrons. The number of rotatable bonds is 12. The van der Waals surface area contributed by atoms with Crippen LogP contribution in [0.25, 0.3) is 0 Å². The molecule has 0 saturated carbocycles. The summed E-state index contributed by atoms with van der Waals surface area (Å²) in [6, 6.07) is 4.15. The smallest absolute Gasteiger partial charge is 0.269 e. The molecule has 2 heterocycles. The van der Waals surface area contributed by atoms with Gasteiger partial charge in [-0.1, -0.05) is 59.2 Å². The minimum atomic E-state index is -0.769. The van der Waals surface area contributed by atoms with E-state index in [1.165, 1.54) is 12.1 Å². The molecule has 4 atom stereocenters. The van der Waals surface area contributed by atoms with E-state index >= 15 is 0 Å². The standard InChI is InChI=1S/C36H56N6O6/c1-23(2)30(39(9)35(46)31(36(6,7)8)38-33(44)29-16-10-11-18-40(29)24(3)4)20-25(5)34(45)41-19-13-17-28(41)32(43)37-22-26-14-12-15-27(21-26)42(47)48/h12,14-15,20-21,23-24,28-31H,10-11,13,16-19,22H2,1-9H3,(H,37,43)(H,38,44)/t28-,29?,30+,31+/m0/s1. The molecule has 2 saturated heterocycles. The normalized spacial score (nSPS) is 20.4. The SMILES string of the molecule is CC(=C[C@H](C(C)C)N(C)C(=O)[C@@H](NC(=O)C1CCCCN1C(C)C)C(C)(C)C)C(=O)N1CCC[C@H]1C(=O)NCc1cccc([N+](=O)[O-])c1. The number of nitro benzene ring substituents is 1. The number of likely N-dealkylation sites (tertiary alicyclic amines) is 2. The third-order valence-electron chi connectivity index (χ3n) is 9.55. The van der Waals surface area contributed by atoms with Crippen molar-refractivity contribution in [2.75, 3.05) is 20.1 Å². The summed E-state index contributed by atoms with van der Waals surface area (Å²) in [5.41, 5.74) is 0.409. The van der Waals surface area contributed by atoms with Gasteiger partial charge in [-0.3, -0.25) is 34.2 Å². The summed E-state index contributed by atoms with van der Waals surface area (Å²) in [6.07, 6.45) is 5.75. The number of carbonyl (C=O) groups is 4. The number of nitro groups is 1. The minimum absolute atomic E-state index is 0.0413. The lowest BCUT2D eigenvalue weighted by atomic mass is 9.84. The van der Waals surface area contributed by atoms with Gasteiger partial charge in [0.25, 0.3) is 5.69 Å². The van der Waals surface area contributed by atoms with E-state index in [2.05, 4.69) is 29.4 Å². The Hall–Kier alpha value is -3.80. The summed E-state index contributed by atoms with van der Waals surface area (Å²) in [7, 11) is 1.72. The largest absolute Gasteiger partial charge is 0.350 e. The van der Waals surface area contributed by atoms with Crippen LogP contribution in [-0.2, 0) is 25.7 Å².